The molecule has 2 amide bonds. The van der Waals surface area contributed by atoms with E-state index in [-0.39, 0.29) is 31.2 Å². The van der Waals surface area contributed by atoms with Crippen molar-refractivity contribution in [2.24, 2.45) is 11.7 Å². The predicted molar refractivity (Wildman–Crippen MR) is 133 cm³/mol. The van der Waals surface area contributed by atoms with Gasteiger partial charge in [0.25, 0.3) is 5.91 Å². The van der Waals surface area contributed by atoms with E-state index in [4.69, 9.17) is 10.6 Å². The first-order chi connectivity index (χ1) is 16.4. The van der Waals surface area contributed by atoms with Crippen LogP contribution in [-0.2, 0) is 38.5 Å². The van der Waals surface area contributed by atoms with Crippen LogP contribution < -0.4 is 16.5 Å². The fourth-order valence-electron chi connectivity index (χ4n) is 3.43. The lowest BCUT2D eigenvalue weighted by Gasteiger charge is -2.17. The Morgan fingerprint density at radius 2 is 1.50 bits per heavy atom. The van der Waals surface area contributed by atoms with E-state index >= 15 is 0 Å². The van der Waals surface area contributed by atoms with Gasteiger partial charge in [-0.3, -0.25) is 9.59 Å². The quantitative estimate of drug-likeness (QED) is 0.309. The van der Waals surface area contributed by atoms with Gasteiger partial charge in [0.2, 0.25) is 5.91 Å². The molecule has 0 fully saturated rings. The first-order valence-corrected chi connectivity index (χ1v) is 12.0. The maximum absolute atomic E-state index is 12.1. The van der Waals surface area contributed by atoms with E-state index in [2.05, 4.69) is 35.1 Å². The van der Waals surface area contributed by atoms with Gasteiger partial charge in [-0.25, -0.2) is 4.79 Å². The third-order valence-corrected chi connectivity index (χ3v) is 5.88. The maximum Gasteiger partial charge on any atom is 0.334 e. The number of aryl methyl sites for hydroxylation is 2. The van der Waals surface area contributed by atoms with E-state index in [1.54, 1.807) is 0 Å². The summed E-state index contributed by atoms with van der Waals surface area (Å²) in [5.41, 5.74) is 11.4. The van der Waals surface area contributed by atoms with Crippen molar-refractivity contribution in [1.82, 2.24) is 10.8 Å². The Morgan fingerprint density at radius 3 is 2.12 bits per heavy atom. The van der Waals surface area contributed by atoms with E-state index in [1.807, 2.05) is 44.2 Å². The topological polar surface area (TPSA) is 111 Å². The molecule has 184 valence electrons. The average molecular weight is 468 g/mol. The van der Waals surface area contributed by atoms with Crippen LogP contribution >= 0.6 is 0 Å². The van der Waals surface area contributed by atoms with Gasteiger partial charge in [-0.1, -0.05) is 74.9 Å². The molecule has 0 spiro atoms. The molecule has 2 aromatic rings. The highest BCUT2D eigenvalue weighted by atomic mass is 16.7. The summed E-state index contributed by atoms with van der Waals surface area (Å²) in [5.74, 6) is -1.28. The fraction of sp³-hybridized carbons (Fsp3) is 0.444. The van der Waals surface area contributed by atoms with Crippen LogP contribution in [0.25, 0.3) is 0 Å². The number of amides is 2. The third-order valence-electron chi connectivity index (χ3n) is 5.88. The van der Waals surface area contributed by atoms with Gasteiger partial charge in [-0.05, 0) is 48.3 Å². The lowest BCUT2D eigenvalue weighted by atomic mass is 9.99. The Morgan fingerprint density at radius 1 is 0.912 bits per heavy atom. The zero-order chi connectivity index (χ0) is 24.8. The summed E-state index contributed by atoms with van der Waals surface area (Å²) in [5, 5.41) is 2.61. The smallest absolute Gasteiger partial charge is 0.334 e. The highest BCUT2D eigenvalue weighted by Crippen LogP contribution is 2.11. The molecule has 0 heterocycles. The molecule has 2 atom stereocenters. The Labute approximate surface area is 202 Å². The van der Waals surface area contributed by atoms with E-state index in [1.165, 1.54) is 11.1 Å². The number of carbonyl (C=O) groups excluding carboxylic acids is 3. The first kappa shape index (κ1) is 27.1. The minimum atomic E-state index is -0.628. The Balaban J connectivity index is 1.60. The van der Waals surface area contributed by atoms with E-state index < -0.39 is 17.9 Å². The maximum atomic E-state index is 12.1. The first-order valence-electron chi connectivity index (χ1n) is 12.0. The number of hydrogen-bond acceptors (Lipinski definition) is 5. The molecule has 0 radical (unpaired) electrons. The Kier molecular flexibility index (Phi) is 11.8. The van der Waals surface area contributed by atoms with Crippen molar-refractivity contribution >= 4 is 17.8 Å². The molecule has 0 unspecified atom stereocenters. The number of nitrogens with two attached hydrogens (primary N) is 1. The van der Waals surface area contributed by atoms with Gasteiger partial charge in [0.05, 0.1) is 18.9 Å². The van der Waals surface area contributed by atoms with Gasteiger partial charge in [0, 0.05) is 6.54 Å². The molecular weight excluding hydrogens is 430 g/mol. The zero-order valence-electron chi connectivity index (χ0n) is 20.2. The summed E-state index contributed by atoms with van der Waals surface area (Å²) in [6.07, 6.45) is 5.16. The van der Waals surface area contributed by atoms with Crippen molar-refractivity contribution in [3.8, 4) is 0 Å². The van der Waals surface area contributed by atoms with Gasteiger partial charge in [-0.15, -0.1) is 0 Å². The monoisotopic (exact) mass is 467 g/mol. The number of rotatable bonds is 13. The minimum Gasteiger partial charge on any atom is -0.354 e. The predicted octanol–water partition coefficient (Wildman–Crippen LogP) is 3.25. The second kappa shape index (κ2) is 14.9. The number of nitrogens with one attached hydrogen (secondary N) is 2. The second-order valence-corrected chi connectivity index (χ2v) is 8.64. The largest absolute Gasteiger partial charge is 0.354 e. The highest BCUT2D eigenvalue weighted by molar-refractivity contribution is 5.82. The van der Waals surface area contributed by atoms with Crippen LogP contribution in [-0.4, -0.2) is 30.4 Å². The van der Waals surface area contributed by atoms with Crippen molar-refractivity contribution in [1.29, 1.82) is 0 Å². The van der Waals surface area contributed by atoms with E-state index in [0.717, 1.165) is 37.7 Å². The van der Waals surface area contributed by atoms with E-state index in [9.17, 15) is 14.4 Å². The minimum absolute atomic E-state index is 0.0555. The number of benzene rings is 2. The van der Waals surface area contributed by atoms with E-state index in [0.29, 0.717) is 0 Å². The summed E-state index contributed by atoms with van der Waals surface area (Å²) in [6.45, 7) is 3.96. The number of hydroxylamine groups is 1. The second-order valence-electron chi connectivity index (χ2n) is 8.64. The summed E-state index contributed by atoms with van der Waals surface area (Å²) in [7, 11) is 0. The number of unbranched alkanes of at least 4 members (excludes halogenated alkanes) is 1. The molecule has 0 aliphatic rings. The van der Waals surface area contributed by atoms with Crippen molar-refractivity contribution < 1.29 is 19.2 Å². The summed E-state index contributed by atoms with van der Waals surface area (Å²) < 4.78 is 0. The fourth-order valence-corrected chi connectivity index (χ4v) is 3.43. The van der Waals surface area contributed by atoms with Gasteiger partial charge in [0.15, 0.2) is 0 Å². The van der Waals surface area contributed by atoms with Crippen molar-refractivity contribution in [2.75, 3.05) is 6.54 Å². The SMILES string of the molecule is CC[C@H](C)[C@H](N)C(=O)NCCC(=O)ONC(=O)Cc1ccc(CCCCc2ccccc2)cc1. The van der Waals surface area contributed by atoms with Gasteiger partial charge < -0.3 is 15.9 Å². The molecule has 0 aliphatic heterocycles. The van der Waals surface area contributed by atoms with Crippen LogP contribution in [0.15, 0.2) is 54.6 Å². The van der Waals surface area contributed by atoms with Crippen molar-refractivity contribution in [3.05, 3.63) is 71.3 Å². The number of carbonyl (C=O) groups is 3. The van der Waals surface area contributed by atoms with Crippen LogP contribution in [0.5, 0.6) is 0 Å². The molecule has 2 aromatic carbocycles. The van der Waals surface area contributed by atoms with Crippen molar-refractivity contribution in [2.45, 2.75) is 64.8 Å². The molecule has 0 aromatic heterocycles. The molecule has 0 bridgehead atoms. The summed E-state index contributed by atoms with van der Waals surface area (Å²) in [6, 6.07) is 17.8. The van der Waals surface area contributed by atoms with Crippen LogP contribution in [0.4, 0.5) is 0 Å². The molecular formula is C27H37N3O4. The third kappa shape index (κ3) is 10.2. The van der Waals surface area contributed by atoms with Gasteiger partial charge >= 0.3 is 5.97 Å². The lowest BCUT2D eigenvalue weighted by molar-refractivity contribution is -0.158. The van der Waals surface area contributed by atoms with Crippen LogP contribution in [0.2, 0.25) is 0 Å². The highest BCUT2D eigenvalue weighted by Gasteiger charge is 2.19. The molecule has 0 aliphatic carbocycles. The Hall–Kier alpha value is -3.19. The van der Waals surface area contributed by atoms with Crippen LogP contribution in [0.3, 0.4) is 0 Å². The average Bonchev–Trinajstić information content (AvgIpc) is 2.86. The van der Waals surface area contributed by atoms with Crippen molar-refractivity contribution in [3.63, 3.8) is 0 Å². The van der Waals surface area contributed by atoms with Crippen LogP contribution in [0.1, 0.15) is 56.2 Å². The summed E-state index contributed by atoms with van der Waals surface area (Å²) >= 11 is 0. The standard InChI is InChI=1S/C27H37N3O4/c1-3-20(2)26(28)27(33)29-18-17-25(32)34-30-24(31)19-23-15-13-22(14-16-23)12-8-7-11-21-9-5-4-6-10-21/h4-6,9-10,13-16,20,26H,3,7-8,11-12,17-19,28H2,1-2H3,(H,29,33)(H,30,31)/t20-,26-/m0/s1. The number of hydrogen-bond donors (Lipinski definition) is 3. The Bertz CT molecular complexity index is 900. The molecule has 4 N–H and O–H groups in total. The lowest BCUT2D eigenvalue weighted by Crippen LogP contribution is -2.45. The molecule has 7 heteroatoms. The molecule has 34 heavy (non-hydrogen) atoms. The molecule has 2 rings (SSSR count). The molecule has 0 saturated heterocycles. The van der Waals surface area contributed by atoms with Crippen LogP contribution in [0, 0.1) is 5.92 Å². The normalized spacial score (nSPS) is 12.4. The summed E-state index contributed by atoms with van der Waals surface area (Å²) in [4.78, 5) is 40.5. The molecule has 0 saturated carbocycles. The van der Waals surface area contributed by atoms with Gasteiger partial charge in [-0.2, -0.15) is 5.48 Å². The van der Waals surface area contributed by atoms with Gasteiger partial charge in [0.1, 0.15) is 0 Å². The molecule has 7 nitrogen and oxygen atoms in total. The zero-order valence-corrected chi connectivity index (χ0v) is 20.2.